The molecule has 2 aromatic carbocycles. The Kier molecular flexibility index (Phi) is 4.27. The maximum atomic E-state index is 13.0. The van der Waals surface area contributed by atoms with Crippen LogP contribution in [0.2, 0.25) is 0 Å². The lowest BCUT2D eigenvalue weighted by Crippen LogP contribution is -2.23. The Bertz CT molecular complexity index is 901. The molecule has 1 amide bonds. The number of ether oxygens (including phenoxy) is 2. The van der Waals surface area contributed by atoms with Crippen LogP contribution in [0.1, 0.15) is 45.2 Å². The Morgan fingerprint density at radius 1 is 0.960 bits per heavy atom. The lowest BCUT2D eigenvalue weighted by molar-refractivity contribution is -0.115. The summed E-state index contributed by atoms with van der Waals surface area (Å²) in [6.07, 6.45) is 0.298. The monoisotopic (exact) mass is 339 g/mol. The van der Waals surface area contributed by atoms with Gasteiger partial charge in [-0.05, 0) is 12.1 Å². The first kappa shape index (κ1) is 16.7. The first-order valence-corrected chi connectivity index (χ1v) is 7.80. The van der Waals surface area contributed by atoms with E-state index in [1.165, 1.54) is 26.4 Å². The smallest absolute Gasteiger partial charge is 0.224 e. The Hall–Kier alpha value is -3.15. The van der Waals surface area contributed by atoms with Crippen molar-refractivity contribution >= 4 is 23.2 Å². The summed E-state index contributed by atoms with van der Waals surface area (Å²) in [5, 5.41) is 2.69. The lowest BCUT2D eigenvalue weighted by Gasteiger charge is -2.22. The van der Waals surface area contributed by atoms with Crippen molar-refractivity contribution in [2.24, 2.45) is 0 Å². The van der Waals surface area contributed by atoms with Gasteiger partial charge in [0.25, 0.3) is 0 Å². The number of carbonyl (C=O) groups excluding carboxylic acids is 3. The fourth-order valence-corrected chi connectivity index (χ4v) is 2.91. The number of carbonyl (C=O) groups is 3. The van der Waals surface area contributed by atoms with Crippen molar-refractivity contribution in [3.8, 4) is 11.5 Å². The van der Waals surface area contributed by atoms with Crippen molar-refractivity contribution in [1.29, 1.82) is 0 Å². The summed E-state index contributed by atoms with van der Waals surface area (Å²) in [6.45, 7) is 1.72. The zero-order chi connectivity index (χ0) is 18.1. The first-order valence-electron chi connectivity index (χ1n) is 7.80. The van der Waals surface area contributed by atoms with E-state index in [-0.39, 0.29) is 45.5 Å². The van der Waals surface area contributed by atoms with Crippen LogP contribution < -0.4 is 14.8 Å². The van der Waals surface area contributed by atoms with Gasteiger partial charge in [0.2, 0.25) is 11.7 Å². The second kappa shape index (κ2) is 6.39. The molecule has 0 aliphatic heterocycles. The second-order valence-electron chi connectivity index (χ2n) is 5.54. The van der Waals surface area contributed by atoms with E-state index in [0.29, 0.717) is 17.9 Å². The summed E-state index contributed by atoms with van der Waals surface area (Å²) < 4.78 is 10.6. The highest BCUT2D eigenvalue weighted by atomic mass is 16.5. The second-order valence-corrected chi connectivity index (χ2v) is 5.54. The predicted molar refractivity (Wildman–Crippen MR) is 91.8 cm³/mol. The molecule has 6 nitrogen and oxygen atoms in total. The van der Waals surface area contributed by atoms with Gasteiger partial charge in [-0.15, -0.1) is 0 Å². The maximum Gasteiger partial charge on any atom is 0.224 e. The number of rotatable bonds is 4. The minimum absolute atomic E-state index is 0.180. The summed E-state index contributed by atoms with van der Waals surface area (Å²) in [5.41, 5.74) is 1.30. The maximum absolute atomic E-state index is 13.0. The van der Waals surface area contributed by atoms with E-state index in [9.17, 15) is 14.4 Å². The molecular weight excluding hydrogens is 322 g/mol. The normalized spacial score (nSPS) is 12.3. The molecule has 2 aromatic rings. The zero-order valence-electron chi connectivity index (χ0n) is 14.1. The van der Waals surface area contributed by atoms with Gasteiger partial charge < -0.3 is 14.8 Å². The fraction of sp³-hybridized carbons (Fsp3) is 0.211. The van der Waals surface area contributed by atoms with E-state index in [4.69, 9.17) is 9.47 Å². The van der Waals surface area contributed by atoms with Gasteiger partial charge in [0.1, 0.15) is 11.5 Å². The van der Waals surface area contributed by atoms with Gasteiger partial charge in [0.05, 0.1) is 25.3 Å². The molecule has 3 rings (SSSR count). The van der Waals surface area contributed by atoms with Gasteiger partial charge >= 0.3 is 0 Å². The molecule has 0 radical (unpaired) electrons. The molecule has 0 spiro atoms. The van der Waals surface area contributed by atoms with Crippen molar-refractivity contribution in [2.75, 3.05) is 19.5 Å². The van der Waals surface area contributed by atoms with Crippen LogP contribution >= 0.6 is 0 Å². The molecule has 0 fully saturated rings. The largest absolute Gasteiger partial charge is 0.496 e. The first-order chi connectivity index (χ1) is 12.0. The molecule has 6 heteroatoms. The third-order valence-electron chi connectivity index (χ3n) is 4.12. The highest BCUT2D eigenvalue weighted by molar-refractivity contribution is 6.30. The number of amides is 1. The van der Waals surface area contributed by atoms with Crippen molar-refractivity contribution in [2.45, 2.75) is 13.3 Å². The highest BCUT2D eigenvalue weighted by Gasteiger charge is 2.35. The molecule has 25 heavy (non-hydrogen) atoms. The standard InChI is InChI=1S/C19H17NO5/c1-4-15(21)20-10-8-12-17(14(9-10)25-3)19(23)16-11(18(12)22)6-5-7-13(16)24-2/h5-9H,4H2,1-3H3,(H,20,21). The molecule has 0 unspecified atom stereocenters. The van der Waals surface area contributed by atoms with Crippen LogP contribution in [0.25, 0.3) is 0 Å². The van der Waals surface area contributed by atoms with E-state index >= 15 is 0 Å². The van der Waals surface area contributed by atoms with E-state index in [1.807, 2.05) is 0 Å². The average Bonchev–Trinajstić information content (AvgIpc) is 2.64. The Morgan fingerprint density at radius 2 is 1.64 bits per heavy atom. The topological polar surface area (TPSA) is 81.7 Å². The molecule has 0 bridgehead atoms. The van der Waals surface area contributed by atoms with Crippen LogP contribution in [0.3, 0.4) is 0 Å². The van der Waals surface area contributed by atoms with Gasteiger partial charge in [-0.1, -0.05) is 19.1 Å². The molecular formula is C19H17NO5. The number of anilines is 1. The number of ketones is 2. The van der Waals surface area contributed by atoms with Crippen LogP contribution in [0.4, 0.5) is 5.69 Å². The summed E-state index contributed by atoms with van der Waals surface area (Å²) in [6, 6.07) is 7.93. The minimum atomic E-state index is -0.340. The van der Waals surface area contributed by atoms with E-state index in [2.05, 4.69) is 5.32 Å². The fourth-order valence-electron chi connectivity index (χ4n) is 2.91. The summed E-state index contributed by atoms with van der Waals surface area (Å²) in [7, 11) is 2.86. The van der Waals surface area contributed by atoms with Crippen molar-refractivity contribution < 1.29 is 23.9 Å². The van der Waals surface area contributed by atoms with E-state index < -0.39 is 0 Å². The van der Waals surface area contributed by atoms with Gasteiger partial charge in [-0.3, -0.25) is 14.4 Å². The number of hydrogen-bond acceptors (Lipinski definition) is 5. The Balaban J connectivity index is 2.22. The molecule has 0 saturated carbocycles. The van der Waals surface area contributed by atoms with Crippen LogP contribution in [-0.4, -0.2) is 31.7 Å². The summed E-state index contributed by atoms with van der Waals surface area (Å²) >= 11 is 0. The van der Waals surface area contributed by atoms with Crippen molar-refractivity contribution in [1.82, 2.24) is 0 Å². The van der Waals surface area contributed by atoms with E-state index in [0.717, 1.165) is 0 Å². The third-order valence-corrected chi connectivity index (χ3v) is 4.12. The Labute approximate surface area is 144 Å². The number of nitrogens with one attached hydrogen (secondary N) is 1. The van der Waals surface area contributed by atoms with Gasteiger partial charge in [-0.25, -0.2) is 0 Å². The zero-order valence-corrected chi connectivity index (χ0v) is 14.1. The molecule has 0 aromatic heterocycles. The predicted octanol–water partition coefficient (Wildman–Crippen LogP) is 2.83. The SMILES string of the molecule is CCC(=O)Nc1cc(OC)c2c(c1)C(=O)c1cccc(OC)c1C2=O. The number of benzene rings is 2. The molecule has 1 aliphatic rings. The minimum Gasteiger partial charge on any atom is -0.496 e. The summed E-state index contributed by atoms with van der Waals surface area (Å²) in [5.74, 6) is -0.272. The van der Waals surface area contributed by atoms with Gasteiger partial charge in [0.15, 0.2) is 5.78 Å². The van der Waals surface area contributed by atoms with Crippen molar-refractivity contribution in [3.05, 3.63) is 52.6 Å². The Morgan fingerprint density at radius 3 is 2.28 bits per heavy atom. The number of methoxy groups -OCH3 is 2. The van der Waals surface area contributed by atoms with Crippen LogP contribution in [0.5, 0.6) is 11.5 Å². The lowest BCUT2D eigenvalue weighted by atomic mass is 9.82. The molecule has 0 saturated heterocycles. The van der Waals surface area contributed by atoms with Gasteiger partial charge in [0, 0.05) is 29.3 Å². The van der Waals surface area contributed by atoms with Crippen LogP contribution in [-0.2, 0) is 4.79 Å². The van der Waals surface area contributed by atoms with Crippen LogP contribution in [0, 0.1) is 0 Å². The molecule has 1 N–H and O–H groups in total. The molecule has 0 atom stereocenters. The summed E-state index contributed by atoms with van der Waals surface area (Å²) in [4.78, 5) is 37.6. The number of fused-ring (bicyclic) bond motifs is 2. The van der Waals surface area contributed by atoms with Crippen molar-refractivity contribution in [3.63, 3.8) is 0 Å². The van der Waals surface area contributed by atoms with Crippen LogP contribution in [0.15, 0.2) is 30.3 Å². The molecule has 1 aliphatic carbocycles. The average molecular weight is 339 g/mol. The molecule has 128 valence electrons. The number of hydrogen-bond donors (Lipinski definition) is 1. The molecule has 0 heterocycles. The van der Waals surface area contributed by atoms with E-state index in [1.54, 1.807) is 25.1 Å². The third kappa shape index (κ3) is 2.65. The van der Waals surface area contributed by atoms with Gasteiger partial charge in [-0.2, -0.15) is 0 Å². The quantitative estimate of drug-likeness (QED) is 0.790. The highest BCUT2D eigenvalue weighted by Crippen LogP contribution is 2.38.